The molecule has 1 amide bonds. The minimum absolute atomic E-state index is 0.0335. The van der Waals surface area contributed by atoms with E-state index in [1.165, 1.54) is 36.7 Å². The van der Waals surface area contributed by atoms with E-state index >= 15 is 0 Å². The third kappa shape index (κ3) is 6.33. The van der Waals surface area contributed by atoms with Crippen molar-refractivity contribution in [3.8, 4) is 5.75 Å². The summed E-state index contributed by atoms with van der Waals surface area (Å²) in [5.74, 6) is -0.885. The summed E-state index contributed by atoms with van der Waals surface area (Å²) in [5.41, 5.74) is 0.858. The maximum atomic E-state index is 13.2. The smallest absolute Gasteiger partial charge is 0.338 e. The van der Waals surface area contributed by atoms with E-state index < -0.39 is 16.0 Å². The fraction of sp³-hybridized carbons (Fsp3) is 0.417. The van der Waals surface area contributed by atoms with Crippen molar-refractivity contribution in [1.29, 1.82) is 0 Å². The van der Waals surface area contributed by atoms with Crippen LogP contribution in [0.2, 0.25) is 0 Å². The first-order chi connectivity index (χ1) is 15.8. The predicted octanol–water partition coefficient (Wildman–Crippen LogP) is 3.08. The Hall–Kier alpha value is -2.91. The molecule has 8 nitrogen and oxygen atoms in total. The Labute approximate surface area is 195 Å². The fourth-order valence-electron chi connectivity index (χ4n) is 3.72. The number of rotatable bonds is 8. The first-order valence-electron chi connectivity index (χ1n) is 11.0. The minimum Gasteiger partial charge on any atom is -0.495 e. The molecule has 9 heteroatoms. The van der Waals surface area contributed by atoms with Crippen molar-refractivity contribution in [1.82, 2.24) is 9.21 Å². The zero-order valence-corrected chi connectivity index (χ0v) is 19.8. The Balaban J connectivity index is 1.74. The van der Waals surface area contributed by atoms with Gasteiger partial charge in [0.15, 0.2) is 6.61 Å². The van der Waals surface area contributed by atoms with Crippen LogP contribution in [0.15, 0.2) is 53.4 Å². The molecule has 0 radical (unpaired) electrons. The fourth-order valence-corrected chi connectivity index (χ4v) is 5.06. The van der Waals surface area contributed by atoms with Crippen LogP contribution in [0.3, 0.4) is 0 Å². The molecule has 178 valence electrons. The van der Waals surface area contributed by atoms with Gasteiger partial charge in [-0.1, -0.05) is 43.2 Å². The van der Waals surface area contributed by atoms with Crippen LogP contribution in [0, 0.1) is 0 Å². The van der Waals surface area contributed by atoms with Crippen molar-refractivity contribution in [2.75, 3.05) is 33.9 Å². The normalized spacial score (nSPS) is 14.6. The molecule has 0 spiro atoms. The summed E-state index contributed by atoms with van der Waals surface area (Å²) in [4.78, 5) is 26.6. The van der Waals surface area contributed by atoms with Crippen LogP contribution in [0.1, 0.15) is 41.6 Å². The minimum atomic E-state index is -3.96. The van der Waals surface area contributed by atoms with E-state index in [4.69, 9.17) is 9.47 Å². The first-order valence-corrected chi connectivity index (χ1v) is 12.4. The van der Waals surface area contributed by atoms with Crippen LogP contribution in [0.5, 0.6) is 5.75 Å². The molecule has 0 atom stereocenters. The van der Waals surface area contributed by atoms with Gasteiger partial charge in [0.2, 0.25) is 10.0 Å². The average Bonchev–Trinajstić information content (AvgIpc) is 3.12. The highest BCUT2D eigenvalue weighted by atomic mass is 32.2. The van der Waals surface area contributed by atoms with Gasteiger partial charge in [0.1, 0.15) is 10.6 Å². The number of likely N-dealkylation sites (tertiary alicyclic amines) is 1. The van der Waals surface area contributed by atoms with Gasteiger partial charge < -0.3 is 14.4 Å². The van der Waals surface area contributed by atoms with Crippen molar-refractivity contribution in [2.24, 2.45) is 0 Å². The van der Waals surface area contributed by atoms with Gasteiger partial charge >= 0.3 is 5.97 Å². The van der Waals surface area contributed by atoms with Gasteiger partial charge in [0.05, 0.1) is 12.7 Å². The number of amides is 1. The Morgan fingerprint density at radius 1 is 1.00 bits per heavy atom. The Kier molecular flexibility index (Phi) is 8.46. The molecule has 0 aliphatic carbocycles. The maximum absolute atomic E-state index is 13.2. The summed E-state index contributed by atoms with van der Waals surface area (Å²) in [5, 5.41) is 0. The Morgan fingerprint density at radius 3 is 2.30 bits per heavy atom. The summed E-state index contributed by atoms with van der Waals surface area (Å²) in [6, 6.07) is 13.3. The summed E-state index contributed by atoms with van der Waals surface area (Å²) >= 11 is 0. The van der Waals surface area contributed by atoms with E-state index in [-0.39, 0.29) is 35.3 Å². The van der Waals surface area contributed by atoms with E-state index in [1.807, 2.05) is 30.3 Å². The van der Waals surface area contributed by atoms with E-state index in [0.29, 0.717) is 13.1 Å². The SMILES string of the molecule is COc1ccc(C(=O)OCC(=O)N2CCCCCC2)cc1S(=O)(=O)N(C)Cc1ccccc1. The maximum Gasteiger partial charge on any atom is 0.338 e. The Morgan fingerprint density at radius 2 is 1.67 bits per heavy atom. The summed E-state index contributed by atoms with van der Waals surface area (Å²) < 4.78 is 38.1. The molecule has 1 heterocycles. The van der Waals surface area contributed by atoms with Crippen LogP contribution in [0.25, 0.3) is 0 Å². The molecule has 0 unspecified atom stereocenters. The second kappa shape index (κ2) is 11.3. The monoisotopic (exact) mass is 474 g/mol. The molecular weight excluding hydrogens is 444 g/mol. The van der Waals surface area contributed by atoms with Crippen molar-refractivity contribution < 1.29 is 27.5 Å². The lowest BCUT2D eigenvalue weighted by atomic mass is 10.2. The van der Waals surface area contributed by atoms with Gasteiger partial charge in [-0.25, -0.2) is 13.2 Å². The van der Waals surface area contributed by atoms with Crippen LogP contribution in [0.4, 0.5) is 0 Å². The number of methoxy groups -OCH3 is 1. The zero-order valence-electron chi connectivity index (χ0n) is 19.0. The number of ether oxygens (including phenoxy) is 2. The lowest BCUT2D eigenvalue weighted by Crippen LogP contribution is -2.35. The molecular formula is C24H30N2O6S. The van der Waals surface area contributed by atoms with E-state index in [0.717, 1.165) is 31.2 Å². The largest absolute Gasteiger partial charge is 0.495 e. The van der Waals surface area contributed by atoms with Gasteiger partial charge in [0, 0.05) is 26.7 Å². The average molecular weight is 475 g/mol. The first kappa shape index (κ1) is 24.7. The third-order valence-electron chi connectivity index (χ3n) is 5.62. The lowest BCUT2D eigenvalue weighted by molar-refractivity contribution is -0.134. The molecule has 1 fully saturated rings. The molecule has 1 saturated heterocycles. The summed E-state index contributed by atoms with van der Waals surface area (Å²) in [6.45, 7) is 1.11. The summed E-state index contributed by atoms with van der Waals surface area (Å²) in [6.07, 6.45) is 4.06. The standard InChI is InChI=1S/C24H30N2O6S/c1-25(17-19-10-6-5-7-11-19)33(29,30)22-16-20(12-13-21(22)31-2)24(28)32-18-23(27)26-14-8-3-4-9-15-26/h5-7,10-13,16H,3-4,8-9,14-15,17-18H2,1-2H3. The molecule has 1 aliphatic rings. The summed E-state index contributed by atoms with van der Waals surface area (Å²) in [7, 11) is -1.13. The predicted molar refractivity (Wildman–Crippen MR) is 123 cm³/mol. The second-order valence-electron chi connectivity index (χ2n) is 7.98. The lowest BCUT2D eigenvalue weighted by Gasteiger charge is -2.20. The molecule has 33 heavy (non-hydrogen) atoms. The number of sulfonamides is 1. The van der Waals surface area contributed by atoms with E-state index in [2.05, 4.69) is 0 Å². The molecule has 3 rings (SSSR count). The molecule has 0 N–H and O–H groups in total. The highest BCUT2D eigenvalue weighted by Gasteiger charge is 2.27. The molecule has 0 bridgehead atoms. The number of esters is 1. The van der Waals surface area contributed by atoms with Crippen LogP contribution >= 0.6 is 0 Å². The topological polar surface area (TPSA) is 93.2 Å². The van der Waals surface area contributed by atoms with Crippen LogP contribution in [-0.4, -0.2) is 63.4 Å². The molecule has 0 aromatic heterocycles. The van der Waals surface area contributed by atoms with Crippen LogP contribution in [-0.2, 0) is 26.1 Å². The van der Waals surface area contributed by atoms with Crippen molar-refractivity contribution >= 4 is 21.9 Å². The molecule has 1 aliphatic heterocycles. The second-order valence-corrected chi connectivity index (χ2v) is 10.00. The van der Waals surface area contributed by atoms with Crippen LogP contribution < -0.4 is 4.74 Å². The van der Waals surface area contributed by atoms with Crippen molar-refractivity contribution in [3.63, 3.8) is 0 Å². The zero-order chi connectivity index (χ0) is 23.8. The number of hydrogen-bond donors (Lipinski definition) is 0. The number of hydrogen-bond acceptors (Lipinski definition) is 6. The number of benzene rings is 2. The number of carbonyl (C=O) groups is 2. The van der Waals surface area contributed by atoms with Gasteiger partial charge in [-0.15, -0.1) is 0 Å². The third-order valence-corrected chi connectivity index (χ3v) is 7.45. The highest BCUT2D eigenvalue weighted by Crippen LogP contribution is 2.28. The highest BCUT2D eigenvalue weighted by molar-refractivity contribution is 7.89. The molecule has 2 aromatic rings. The molecule has 0 saturated carbocycles. The van der Waals surface area contributed by atoms with Gasteiger partial charge in [-0.2, -0.15) is 4.31 Å². The van der Waals surface area contributed by atoms with Crippen molar-refractivity contribution in [2.45, 2.75) is 37.1 Å². The van der Waals surface area contributed by atoms with E-state index in [1.54, 1.807) is 4.90 Å². The number of carbonyl (C=O) groups excluding carboxylic acids is 2. The molecule has 2 aromatic carbocycles. The van der Waals surface area contributed by atoms with Gasteiger partial charge in [-0.05, 0) is 36.6 Å². The van der Waals surface area contributed by atoms with E-state index in [9.17, 15) is 18.0 Å². The van der Waals surface area contributed by atoms with Gasteiger partial charge in [-0.3, -0.25) is 4.79 Å². The van der Waals surface area contributed by atoms with Gasteiger partial charge in [0.25, 0.3) is 5.91 Å². The number of nitrogens with zero attached hydrogens (tertiary/aromatic N) is 2. The Bertz CT molecular complexity index is 1060. The van der Waals surface area contributed by atoms with Crippen molar-refractivity contribution in [3.05, 3.63) is 59.7 Å². The quantitative estimate of drug-likeness (QED) is 0.546.